The van der Waals surface area contributed by atoms with Crippen molar-refractivity contribution in [2.75, 3.05) is 6.54 Å². The molecule has 1 aromatic heterocycles. The molecule has 0 atom stereocenters. The zero-order valence-corrected chi connectivity index (χ0v) is 10.1. The number of hydrogen-bond donors (Lipinski definition) is 1. The van der Waals surface area contributed by atoms with Crippen LogP contribution in [0.15, 0.2) is 22.8 Å². The Morgan fingerprint density at radius 1 is 1.65 bits per heavy atom. The molecule has 5 heteroatoms. The van der Waals surface area contributed by atoms with E-state index in [0.29, 0.717) is 18.8 Å². The third kappa shape index (κ3) is 3.93. The second-order valence-corrected chi connectivity index (χ2v) is 4.44. The first-order chi connectivity index (χ1) is 7.95. The number of amides is 1. The lowest BCUT2D eigenvalue weighted by Gasteiger charge is -2.28. The Balaban J connectivity index is 2.74. The summed E-state index contributed by atoms with van der Waals surface area (Å²) in [5.41, 5.74) is 4.83. The lowest BCUT2D eigenvalue weighted by atomic mass is 10.1. The highest BCUT2D eigenvalue weighted by molar-refractivity contribution is 5.85. The van der Waals surface area contributed by atoms with Gasteiger partial charge in [-0.3, -0.25) is 4.79 Å². The lowest BCUT2D eigenvalue weighted by molar-refractivity contribution is -0.136. The van der Waals surface area contributed by atoms with Gasteiger partial charge in [-0.2, -0.15) is 5.26 Å². The quantitative estimate of drug-likeness (QED) is 0.832. The van der Waals surface area contributed by atoms with Crippen molar-refractivity contribution >= 4 is 5.91 Å². The SMILES string of the molecule is CC(C)(N)C(=O)N(CCC#N)Cc1ccco1. The number of rotatable bonds is 5. The summed E-state index contributed by atoms with van der Waals surface area (Å²) >= 11 is 0. The zero-order valence-electron chi connectivity index (χ0n) is 10.1. The molecule has 0 unspecified atom stereocenters. The van der Waals surface area contributed by atoms with Gasteiger partial charge in [0.2, 0.25) is 5.91 Å². The van der Waals surface area contributed by atoms with Crippen molar-refractivity contribution in [1.82, 2.24) is 4.90 Å². The minimum atomic E-state index is -0.942. The van der Waals surface area contributed by atoms with Crippen molar-refractivity contribution in [3.05, 3.63) is 24.2 Å². The van der Waals surface area contributed by atoms with Gasteiger partial charge in [0.05, 0.1) is 30.8 Å². The summed E-state index contributed by atoms with van der Waals surface area (Å²) in [6.07, 6.45) is 1.83. The molecule has 0 radical (unpaired) electrons. The summed E-state index contributed by atoms with van der Waals surface area (Å²) in [4.78, 5) is 13.6. The molecule has 0 aliphatic rings. The van der Waals surface area contributed by atoms with E-state index >= 15 is 0 Å². The summed E-state index contributed by atoms with van der Waals surface area (Å²) in [7, 11) is 0. The van der Waals surface area contributed by atoms with Gasteiger partial charge < -0.3 is 15.1 Å². The molecule has 0 aliphatic heterocycles. The third-order valence-corrected chi connectivity index (χ3v) is 2.26. The minimum absolute atomic E-state index is 0.191. The molecule has 1 aromatic rings. The average Bonchev–Trinajstić information content (AvgIpc) is 2.74. The maximum atomic E-state index is 12.0. The van der Waals surface area contributed by atoms with Crippen LogP contribution in [-0.2, 0) is 11.3 Å². The maximum Gasteiger partial charge on any atom is 0.242 e. The molecule has 0 aromatic carbocycles. The Kier molecular flexibility index (Phi) is 4.30. The fraction of sp³-hybridized carbons (Fsp3) is 0.500. The summed E-state index contributed by atoms with van der Waals surface area (Å²) in [6.45, 7) is 4.00. The van der Waals surface area contributed by atoms with Gasteiger partial charge in [0.25, 0.3) is 0 Å². The van der Waals surface area contributed by atoms with Crippen molar-refractivity contribution < 1.29 is 9.21 Å². The van der Waals surface area contributed by atoms with Crippen LogP contribution in [0.4, 0.5) is 0 Å². The maximum absolute atomic E-state index is 12.0. The van der Waals surface area contributed by atoms with Crippen LogP contribution in [0, 0.1) is 11.3 Å². The van der Waals surface area contributed by atoms with E-state index in [9.17, 15) is 4.79 Å². The fourth-order valence-electron chi connectivity index (χ4n) is 1.44. The number of nitrogens with zero attached hydrogens (tertiary/aromatic N) is 2. The zero-order chi connectivity index (χ0) is 12.9. The number of hydrogen-bond acceptors (Lipinski definition) is 4. The Hall–Kier alpha value is -1.80. The van der Waals surface area contributed by atoms with Gasteiger partial charge in [-0.05, 0) is 26.0 Å². The van der Waals surface area contributed by atoms with E-state index < -0.39 is 5.54 Å². The summed E-state index contributed by atoms with van der Waals surface area (Å²) < 4.78 is 5.19. The Bertz CT molecular complexity index is 398. The van der Waals surface area contributed by atoms with E-state index in [2.05, 4.69) is 0 Å². The van der Waals surface area contributed by atoms with E-state index in [-0.39, 0.29) is 12.3 Å². The predicted molar refractivity (Wildman–Crippen MR) is 62.6 cm³/mol. The van der Waals surface area contributed by atoms with Crippen LogP contribution >= 0.6 is 0 Å². The summed E-state index contributed by atoms with van der Waals surface area (Å²) in [5.74, 6) is 0.490. The van der Waals surface area contributed by atoms with Crippen molar-refractivity contribution in [2.45, 2.75) is 32.4 Å². The van der Waals surface area contributed by atoms with Crippen molar-refractivity contribution in [2.24, 2.45) is 5.73 Å². The van der Waals surface area contributed by atoms with Gasteiger partial charge in [-0.15, -0.1) is 0 Å². The Morgan fingerprint density at radius 2 is 2.35 bits per heavy atom. The Morgan fingerprint density at radius 3 is 2.82 bits per heavy atom. The highest BCUT2D eigenvalue weighted by Crippen LogP contribution is 2.11. The predicted octanol–water partition coefficient (Wildman–Crippen LogP) is 1.26. The molecular weight excluding hydrogens is 218 g/mol. The highest BCUT2D eigenvalue weighted by Gasteiger charge is 2.28. The summed E-state index contributed by atoms with van der Waals surface area (Å²) in [6, 6.07) is 5.57. The largest absolute Gasteiger partial charge is 0.467 e. The lowest BCUT2D eigenvalue weighted by Crippen LogP contribution is -2.51. The molecule has 92 valence electrons. The molecule has 2 N–H and O–H groups in total. The van der Waals surface area contributed by atoms with E-state index in [0.717, 1.165) is 0 Å². The molecule has 1 amide bonds. The second-order valence-electron chi connectivity index (χ2n) is 4.44. The number of carbonyl (C=O) groups excluding carboxylic acids is 1. The topological polar surface area (TPSA) is 83.3 Å². The normalized spacial score (nSPS) is 10.9. The monoisotopic (exact) mass is 235 g/mol. The molecule has 0 saturated heterocycles. The van der Waals surface area contributed by atoms with Crippen molar-refractivity contribution in [3.8, 4) is 6.07 Å². The van der Waals surface area contributed by atoms with E-state index in [1.807, 2.05) is 6.07 Å². The first kappa shape index (κ1) is 13.3. The van der Waals surface area contributed by atoms with Gasteiger partial charge in [0, 0.05) is 6.54 Å². The average molecular weight is 235 g/mol. The first-order valence-corrected chi connectivity index (χ1v) is 5.42. The summed E-state index contributed by atoms with van der Waals surface area (Å²) in [5, 5.41) is 8.58. The van der Waals surface area contributed by atoms with Crippen LogP contribution in [0.1, 0.15) is 26.0 Å². The molecule has 0 fully saturated rings. The number of nitriles is 1. The molecule has 1 heterocycles. The minimum Gasteiger partial charge on any atom is -0.467 e. The molecule has 0 bridgehead atoms. The van der Waals surface area contributed by atoms with E-state index in [4.69, 9.17) is 15.4 Å². The standard InChI is InChI=1S/C12H17N3O2/c1-12(2,14)11(16)15(7-4-6-13)9-10-5-3-8-17-10/h3,5,8H,4,7,9,14H2,1-2H3. The van der Waals surface area contributed by atoms with Gasteiger partial charge in [0.1, 0.15) is 5.76 Å². The molecule has 1 rings (SSSR count). The van der Waals surface area contributed by atoms with Gasteiger partial charge >= 0.3 is 0 Å². The van der Waals surface area contributed by atoms with E-state index in [1.54, 1.807) is 37.1 Å². The molecule has 0 spiro atoms. The van der Waals surface area contributed by atoms with Crippen molar-refractivity contribution in [1.29, 1.82) is 5.26 Å². The molecule has 0 saturated carbocycles. The van der Waals surface area contributed by atoms with Gasteiger partial charge in [0.15, 0.2) is 0 Å². The highest BCUT2D eigenvalue weighted by atomic mass is 16.3. The van der Waals surface area contributed by atoms with Crippen LogP contribution in [0.3, 0.4) is 0 Å². The van der Waals surface area contributed by atoms with Crippen LogP contribution in [0.5, 0.6) is 0 Å². The molecule has 5 nitrogen and oxygen atoms in total. The van der Waals surface area contributed by atoms with Crippen molar-refractivity contribution in [3.63, 3.8) is 0 Å². The van der Waals surface area contributed by atoms with Crippen LogP contribution in [-0.4, -0.2) is 22.9 Å². The molecule has 17 heavy (non-hydrogen) atoms. The van der Waals surface area contributed by atoms with Gasteiger partial charge in [-0.25, -0.2) is 0 Å². The number of nitrogens with two attached hydrogens (primary N) is 1. The molecular formula is C12H17N3O2. The smallest absolute Gasteiger partial charge is 0.242 e. The van der Waals surface area contributed by atoms with E-state index in [1.165, 1.54) is 0 Å². The van der Waals surface area contributed by atoms with Crippen LogP contribution in [0.25, 0.3) is 0 Å². The second kappa shape index (κ2) is 5.51. The molecule has 0 aliphatic carbocycles. The van der Waals surface area contributed by atoms with Crippen LogP contribution < -0.4 is 5.73 Å². The fourth-order valence-corrected chi connectivity index (χ4v) is 1.44. The first-order valence-electron chi connectivity index (χ1n) is 5.42. The van der Waals surface area contributed by atoms with Crippen LogP contribution in [0.2, 0.25) is 0 Å². The number of carbonyl (C=O) groups is 1. The van der Waals surface area contributed by atoms with Gasteiger partial charge in [-0.1, -0.05) is 0 Å². The third-order valence-electron chi connectivity index (χ3n) is 2.26. The number of furan rings is 1. The Labute approximate surface area is 101 Å².